The van der Waals surface area contributed by atoms with Gasteiger partial charge in [-0.05, 0) is 50.3 Å². The molecule has 0 unspecified atom stereocenters. The zero-order valence-electron chi connectivity index (χ0n) is 16.2. The van der Waals surface area contributed by atoms with Gasteiger partial charge in [0.25, 0.3) is 0 Å². The number of aliphatic imine (C=N–C) groups is 1. The Morgan fingerprint density at radius 3 is 2.46 bits per heavy atom. The molecule has 5 nitrogen and oxygen atoms in total. The lowest BCUT2D eigenvalue weighted by atomic mass is 10.1. The molecule has 0 aliphatic carbocycles. The molecule has 0 atom stereocenters. The number of likely N-dealkylation sites (tertiary alicyclic amines) is 1. The van der Waals surface area contributed by atoms with Gasteiger partial charge in [-0.15, -0.1) is 30.6 Å². The average Bonchev–Trinajstić information content (AvgIpc) is 2.59. The van der Waals surface area contributed by atoms with Crippen LogP contribution < -0.4 is 10.6 Å². The number of hydrogen-bond acceptors (Lipinski definition) is 3. The highest BCUT2D eigenvalue weighted by atomic mass is 127. The second-order valence-electron chi connectivity index (χ2n) is 6.78. The van der Waals surface area contributed by atoms with E-state index in [2.05, 4.69) is 29.0 Å². The molecule has 1 aromatic rings. The summed E-state index contributed by atoms with van der Waals surface area (Å²) < 4.78 is 0. The number of hydrogen-bond donors (Lipinski definition) is 3. The summed E-state index contributed by atoms with van der Waals surface area (Å²) in [5, 5.41) is 16.8. The molecule has 146 valence electrons. The van der Waals surface area contributed by atoms with Crippen LogP contribution in [0, 0.1) is 13.8 Å². The molecule has 1 aliphatic rings. The van der Waals surface area contributed by atoms with Crippen LogP contribution in [-0.2, 0) is 6.54 Å². The van der Waals surface area contributed by atoms with E-state index in [9.17, 15) is 5.11 Å². The first kappa shape index (κ1) is 22.8. The topological polar surface area (TPSA) is 59.9 Å². The Labute approximate surface area is 175 Å². The number of guanidine groups is 1. The summed E-state index contributed by atoms with van der Waals surface area (Å²) >= 11 is 0. The first-order valence-corrected chi connectivity index (χ1v) is 9.20. The van der Waals surface area contributed by atoms with Crippen LogP contribution in [0.15, 0.2) is 29.8 Å². The lowest BCUT2D eigenvalue weighted by molar-refractivity contribution is 0.225. The fraction of sp³-hybridized carbons (Fsp3) is 0.550. The van der Waals surface area contributed by atoms with Crippen molar-refractivity contribution >= 4 is 29.9 Å². The fourth-order valence-corrected chi connectivity index (χ4v) is 3.26. The zero-order valence-corrected chi connectivity index (χ0v) is 18.5. The number of piperidine rings is 1. The summed E-state index contributed by atoms with van der Waals surface area (Å²) in [6.45, 7) is 14.4. The predicted octanol–water partition coefficient (Wildman–Crippen LogP) is 3.33. The number of nitrogens with zero attached hydrogens (tertiary/aromatic N) is 2. The van der Waals surface area contributed by atoms with Crippen molar-refractivity contribution in [3.63, 3.8) is 0 Å². The molecule has 26 heavy (non-hydrogen) atoms. The summed E-state index contributed by atoms with van der Waals surface area (Å²) in [6, 6.07) is 4.47. The van der Waals surface area contributed by atoms with Crippen LogP contribution in [-0.4, -0.2) is 48.2 Å². The molecule has 0 aromatic heterocycles. The van der Waals surface area contributed by atoms with Crippen LogP contribution in [0.1, 0.15) is 36.5 Å². The number of aryl methyl sites for hydroxylation is 2. The monoisotopic (exact) mass is 472 g/mol. The lowest BCUT2D eigenvalue weighted by Gasteiger charge is -2.32. The van der Waals surface area contributed by atoms with Gasteiger partial charge < -0.3 is 15.7 Å². The van der Waals surface area contributed by atoms with Crippen LogP contribution in [0.2, 0.25) is 0 Å². The van der Waals surface area contributed by atoms with Crippen molar-refractivity contribution in [3.05, 3.63) is 41.5 Å². The molecule has 0 saturated carbocycles. The van der Waals surface area contributed by atoms with E-state index in [4.69, 9.17) is 4.99 Å². The highest BCUT2D eigenvalue weighted by molar-refractivity contribution is 14.0. The Bertz CT molecular complexity index is 587. The normalized spacial score (nSPS) is 16.0. The van der Waals surface area contributed by atoms with E-state index in [0.29, 0.717) is 18.3 Å². The van der Waals surface area contributed by atoms with E-state index < -0.39 is 0 Å². The summed E-state index contributed by atoms with van der Waals surface area (Å²) in [4.78, 5) is 7.16. The smallest absolute Gasteiger partial charge is 0.191 e. The van der Waals surface area contributed by atoms with E-state index in [1.165, 1.54) is 0 Å². The number of phenols is 1. The van der Waals surface area contributed by atoms with Gasteiger partial charge in [-0.1, -0.05) is 18.2 Å². The Kier molecular flexibility index (Phi) is 10.0. The van der Waals surface area contributed by atoms with Crippen LogP contribution in [0.4, 0.5) is 0 Å². The second-order valence-corrected chi connectivity index (χ2v) is 6.78. The molecule has 0 amide bonds. The van der Waals surface area contributed by atoms with Crippen LogP contribution in [0.5, 0.6) is 5.75 Å². The number of rotatable bonds is 6. The van der Waals surface area contributed by atoms with E-state index in [1.54, 1.807) is 0 Å². The zero-order chi connectivity index (χ0) is 18.2. The minimum Gasteiger partial charge on any atom is -0.507 e. The van der Waals surface area contributed by atoms with Crippen molar-refractivity contribution in [2.45, 2.75) is 46.2 Å². The molecule has 3 N–H and O–H groups in total. The van der Waals surface area contributed by atoms with Crippen LogP contribution >= 0.6 is 24.0 Å². The Balaban J connectivity index is 0.00000338. The number of aromatic hydroxyl groups is 1. The summed E-state index contributed by atoms with van der Waals surface area (Å²) in [7, 11) is 0. The molecule has 0 bridgehead atoms. The largest absolute Gasteiger partial charge is 0.507 e. The van der Waals surface area contributed by atoms with E-state index in [1.807, 2.05) is 32.1 Å². The number of phenolic OH excluding ortho intramolecular Hbond substituents is 1. The lowest BCUT2D eigenvalue weighted by Crippen LogP contribution is -2.48. The molecule has 1 heterocycles. The van der Waals surface area contributed by atoms with Gasteiger partial charge in [0.15, 0.2) is 5.96 Å². The molecule has 1 aromatic carbocycles. The molecule has 1 aliphatic heterocycles. The Morgan fingerprint density at radius 2 is 1.92 bits per heavy atom. The molecule has 1 fully saturated rings. The first-order valence-electron chi connectivity index (χ1n) is 9.20. The van der Waals surface area contributed by atoms with Gasteiger partial charge in [-0.2, -0.15) is 0 Å². The van der Waals surface area contributed by atoms with Crippen molar-refractivity contribution < 1.29 is 5.11 Å². The van der Waals surface area contributed by atoms with Crippen molar-refractivity contribution in [2.75, 3.05) is 26.2 Å². The second kappa shape index (κ2) is 11.4. The first-order chi connectivity index (χ1) is 12.0. The number of nitrogens with one attached hydrogen (secondary N) is 2. The highest BCUT2D eigenvalue weighted by Gasteiger charge is 2.19. The maximum atomic E-state index is 9.90. The van der Waals surface area contributed by atoms with Gasteiger partial charge in [0.2, 0.25) is 0 Å². The van der Waals surface area contributed by atoms with Crippen molar-refractivity contribution in [1.82, 2.24) is 15.5 Å². The van der Waals surface area contributed by atoms with Gasteiger partial charge in [-0.3, -0.25) is 4.90 Å². The number of halogens is 1. The van der Waals surface area contributed by atoms with E-state index >= 15 is 0 Å². The SMILES string of the molecule is C=CCN1CCC(NC(=NCc2cc(C)c(O)c(C)c2)NCC)CC1.I. The quantitative estimate of drug-likeness (QED) is 0.257. The minimum absolute atomic E-state index is 0. The summed E-state index contributed by atoms with van der Waals surface area (Å²) in [5.41, 5.74) is 2.92. The van der Waals surface area contributed by atoms with Gasteiger partial charge in [0, 0.05) is 32.2 Å². The van der Waals surface area contributed by atoms with Gasteiger partial charge >= 0.3 is 0 Å². The predicted molar refractivity (Wildman–Crippen MR) is 121 cm³/mol. The van der Waals surface area contributed by atoms with Crippen LogP contribution in [0.25, 0.3) is 0 Å². The third-order valence-corrected chi connectivity index (χ3v) is 4.63. The summed E-state index contributed by atoms with van der Waals surface area (Å²) in [5.74, 6) is 1.25. The van der Waals surface area contributed by atoms with Crippen molar-refractivity contribution in [2.24, 2.45) is 4.99 Å². The molecule has 2 rings (SSSR count). The van der Waals surface area contributed by atoms with Gasteiger partial charge in [0.05, 0.1) is 6.54 Å². The fourth-order valence-electron chi connectivity index (χ4n) is 3.26. The van der Waals surface area contributed by atoms with E-state index in [0.717, 1.165) is 61.7 Å². The molecule has 0 spiro atoms. The highest BCUT2D eigenvalue weighted by Crippen LogP contribution is 2.23. The maximum Gasteiger partial charge on any atom is 0.191 e. The molecular weight excluding hydrogens is 439 g/mol. The number of benzene rings is 1. The minimum atomic E-state index is 0. The third-order valence-electron chi connectivity index (χ3n) is 4.63. The van der Waals surface area contributed by atoms with Crippen molar-refractivity contribution in [3.8, 4) is 5.75 Å². The molecule has 6 heteroatoms. The maximum absolute atomic E-state index is 9.90. The Hall–Kier alpha value is -1.28. The third kappa shape index (κ3) is 6.79. The van der Waals surface area contributed by atoms with Gasteiger partial charge in [0.1, 0.15) is 5.75 Å². The summed E-state index contributed by atoms with van der Waals surface area (Å²) in [6.07, 6.45) is 4.21. The molecule has 0 radical (unpaired) electrons. The Morgan fingerprint density at radius 1 is 1.31 bits per heavy atom. The van der Waals surface area contributed by atoms with Gasteiger partial charge in [-0.25, -0.2) is 4.99 Å². The molecular formula is C20H33IN4O. The standard InChI is InChI=1S/C20H32N4O.HI/c1-5-9-24-10-7-18(8-11-24)23-20(21-6-2)22-14-17-12-15(3)19(25)16(4)13-17;/h5,12-13,18,25H,1,6-11,14H2,2-4H3,(H2,21,22,23);1H. The van der Waals surface area contributed by atoms with Crippen LogP contribution in [0.3, 0.4) is 0 Å². The van der Waals surface area contributed by atoms with Crippen molar-refractivity contribution in [1.29, 1.82) is 0 Å². The average molecular weight is 472 g/mol. The van der Waals surface area contributed by atoms with E-state index in [-0.39, 0.29) is 24.0 Å². The molecule has 1 saturated heterocycles.